The fourth-order valence-electron chi connectivity index (χ4n) is 2.88. The molecule has 0 heterocycles. The molecule has 0 aromatic heterocycles. The number of ketones is 1. The molecule has 0 aliphatic heterocycles. The molecule has 0 amide bonds. The van der Waals surface area contributed by atoms with Crippen molar-refractivity contribution in [1.29, 1.82) is 0 Å². The fraction of sp³-hybridized carbons (Fsp3) is 0.650. The van der Waals surface area contributed by atoms with Crippen LogP contribution in [0.1, 0.15) is 66.4 Å². The number of hydrogen-bond donors (Lipinski definition) is 0. The van der Waals surface area contributed by atoms with Crippen molar-refractivity contribution in [2.45, 2.75) is 67.2 Å². The van der Waals surface area contributed by atoms with E-state index in [0.717, 1.165) is 12.5 Å². The number of rotatable bonds is 6. The molecule has 3 heteroatoms. The van der Waals surface area contributed by atoms with Gasteiger partial charge >= 0.3 is 0 Å². The Morgan fingerprint density at radius 3 is 1.91 bits per heavy atom. The lowest BCUT2D eigenvalue weighted by molar-refractivity contribution is -0.125. The van der Waals surface area contributed by atoms with E-state index in [4.69, 9.17) is 0 Å². The van der Waals surface area contributed by atoms with Crippen molar-refractivity contribution in [3.63, 3.8) is 0 Å². The lowest BCUT2D eigenvalue weighted by Gasteiger charge is -2.28. The normalized spacial score (nSPS) is 13.9. The minimum atomic E-state index is -0.562. The molecule has 23 heavy (non-hydrogen) atoms. The predicted octanol–water partition coefficient (Wildman–Crippen LogP) is 5.96. The average Bonchev–Trinajstić information content (AvgIpc) is 2.29. The monoisotopic (exact) mass is 324 g/mol. The summed E-state index contributed by atoms with van der Waals surface area (Å²) in [6, 6.07) is 3.58. The van der Waals surface area contributed by atoms with Crippen molar-refractivity contribution >= 4 is 5.78 Å². The van der Waals surface area contributed by atoms with E-state index in [1.165, 1.54) is 12.1 Å². The largest absolute Gasteiger partial charge is 0.299 e. The molecule has 1 aromatic rings. The minimum absolute atomic E-state index is 0.0435. The summed E-state index contributed by atoms with van der Waals surface area (Å²) in [6.07, 6.45) is 2.48. The molecule has 0 N–H and O–H groups in total. The zero-order chi connectivity index (χ0) is 17.8. The number of carbonyl (C=O) groups is 1. The third-order valence-corrected chi connectivity index (χ3v) is 3.72. The fourth-order valence-corrected chi connectivity index (χ4v) is 2.88. The summed E-state index contributed by atoms with van der Waals surface area (Å²) < 4.78 is 26.6. The number of halogens is 2. The van der Waals surface area contributed by atoms with Gasteiger partial charge in [0, 0.05) is 18.4 Å². The first kappa shape index (κ1) is 19.8. The van der Waals surface area contributed by atoms with E-state index in [-0.39, 0.29) is 22.5 Å². The lowest BCUT2D eigenvalue weighted by atomic mass is 9.76. The van der Waals surface area contributed by atoms with Gasteiger partial charge in [-0.15, -0.1) is 0 Å². The molecular formula is C20H30F2O. The van der Waals surface area contributed by atoms with Gasteiger partial charge in [-0.25, -0.2) is 8.78 Å². The van der Waals surface area contributed by atoms with E-state index in [2.05, 4.69) is 41.5 Å². The van der Waals surface area contributed by atoms with E-state index < -0.39 is 11.6 Å². The summed E-state index contributed by atoms with van der Waals surface area (Å²) >= 11 is 0. The van der Waals surface area contributed by atoms with Crippen LogP contribution in [0.3, 0.4) is 0 Å². The number of benzene rings is 1. The van der Waals surface area contributed by atoms with Gasteiger partial charge in [-0.3, -0.25) is 4.79 Å². The molecule has 1 aromatic carbocycles. The van der Waals surface area contributed by atoms with Crippen molar-refractivity contribution in [2.24, 2.45) is 16.7 Å². The molecule has 0 bridgehead atoms. The second-order valence-corrected chi connectivity index (χ2v) is 8.98. The Hall–Kier alpha value is -1.25. The number of hydrogen-bond acceptors (Lipinski definition) is 1. The standard InChI is InChI=1S/C20H30F2O/c1-19(2,3)12-15(18(23)13-20(4,5)6)8-7-14-9-16(21)11-17(22)10-14/h9-11,15H,7-8,12-13H2,1-6H3. The molecule has 1 atom stereocenters. The SMILES string of the molecule is CC(C)(C)CC(=O)C(CCc1cc(F)cc(F)c1)CC(C)(C)C. The van der Waals surface area contributed by atoms with E-state index in [1.54, 1.807) is 0 Å². The van der Waals surface area contributed by atoms with Gasteiger partial charge in [-0.05, 0) is 47.8 Å². The second-order valence-electron chi connectivity index (χ2n) is 8.98. The van der Waals surface area contributed by atoms with Crippen molar-refractivity contribution in [2.75, 3.05) is 0 Å². The Morgan fingerprint density at radius 2 is 1.48 bits per heavy atom. The summed E-state index contributed by atoms with van der Waals surface area (Å²) in [5.74, 6) is -0.938. The number of aryl methyl sites for hydroxylation is 1. The highest BCUT2D eigenvalue weighted by atomic mass is 19.1. The lowest BCUT2D eigenvalue weighted by Crippen LogP contribution is -2.25. The summed E-state index contributed by atoms with van der Waals surface area (Å²) in [5, 5.41) is 0. The van der Waals surface area contributed by atoms with Crippen molar-refractivity contribution < 1.29 is 13.6 Å². The van der Waals surface area contributed by atoms with Gasteiger partial charge in [-0.1, -0.05) is 41.5 Å². The Bertz CT molecular complexity index is 515. The molecule has 1 unspecified atom stereocenters. The highest BCUT2D eigenvalue weighted by Gasteiger charge is 2.27. The zero-order valence-corrected chi connectivity index (χ0v) is 15.3. The molecule has 0 aliphatic rings. The van der Waals surface area contributed by atoms with Crippen LogP contribution < -0.4 is 0 Å². The van der Waals surface area contributed by atoms with Crippen LogP contribution in [0.5, 0.6) is 0 Å². The minimum Gasteiger partial charge on any atom is -0.299 e. The second kappa shape index (κ2) is 7.55. The first-order valence-corrected chi connectivity index (χ1v) is 8.33. The van der Waals surface area contributed by atoms with Crippen LogP contribution >= 0.6 is 0 Å². The van der Waals surface area contributed by atoms with Crippen LogP contribution in [0, 0.1) is 28.4 Å². The quantitative estimate of drug-likeness (QED) is 0.631. The molecule has 0 aliphatic carbocycles. The summed E-state index contributed by atoms with van der Waals surface area (Å²) in [7, 11) is 0. The predicted molar refractivity (Wildman–Crippen MR) is 91.3 cm³/mol. The van der Waals surface area contributed by atoms with Crippen LogP contribution in [-0.2, 0) is 11.2 Å². The molecule has 1 nitrogen and oxygen atoms in total. The maximum absolute atomic E-state index is 13.3. The highest BCUT2D eigenvalue weighted by Crippen LogP contribution is 2.31. The molecule has 0 saturated carbocycles. The van der Waals surface area contributed by atoms with Gasteiger partial charge in [-0.2, -0.15) is 0 Å². The van der Waals surface area contributed by atoms with Crippen LogP contribution in [0.15, 0.2) is 18.2 Å². The van der Waals surface area contributed by atoms with Gasteiger partial charge in [0.25, 0.3) is 0 Å². The number of carbonyl (C=O) groups excluding carboxylic acids is 1. The molecule has 0 fully saturated rings. The molecule has 0 spiro atoms. The summed E-state index contributed by atoms with van der Waals surface area (Å²) in [5.41, 5.74) is 0.619. The first-order valence-electron chi connectivity index (χ1n) is 8.33. The zero-order valence-electron chi connectivity index (χ0n) is 15.3. The maximum atomic E-state index is 13.3. The molecule has 0 saturated heterocycles. The van der Waals surface area contributed by atoms with Gasteiger partial charge in [0.15, 0.2) is 0 Å². The molecule has 1 rings (SSSR count). The van der Waals surface area contributed by atoms with Crippen LogP contribution in [0.4, 0.5) is 8.78 Å². The Labute approximate surface area is 139 Å². The number of Topliss-reactive ketones (excluding diaryl/α,β-unsaturated/α-hetero) is 1. The molecular weight excluding hydrogens is 294 g/mol. The van der Waals surface area contributed by atoms with Crippen LogP contribution in [0.25, 0.3) is 0 Å². The Balaban J connectivity index is 2.82. The topological polar surface area (TPSA) is 17.1 Å². The Kier molecular flexibility index (Phi) is 6.49. The van der Waals surface area contributed by atoms with Gasteiger partial charge in [0.1, 0.15) is 17.4 Å². The van der Waals surface area contributed by atoms with E-state index >= 15 is 0 Å². The van der Waals surface area contributed by atoms with Gasteiger partial charge < -0.3 is 0 Å². The highest BCUT2D eigenvalue weighted by molar-refractivity contribution is 5.81. The molecule has 0 radical (unpaired) electrons. The van der Waals surface area contributed by atoms with Gasteiger partial charge in [0.05, 0.1) is 0 Å². The smallest absolute Gasteiger partial charge is 0.136 e. The summed E-state index contributed by atoms with van der Waals surface area (Å²) in [4.78, 5) is 12.6. The first-order chi connectivity index (χ1) is 10.4. The van der Waals surface area contributed by atoms with Crippen molar-refractivity contribution in [1.82, 2.24) is 0 Å². The Morgan fingerprint density at radius 1 is 0.957 bits per heavy atom. The maximum Gasteiger partial charge on any atom is 0.136 e. The van der Waals surface area contributed by atoms with Crippen LogP contribution in [0.2, 0.25) is 0 Å². The van der Waals surface area contributed by atoms with E-state index in [0.29, 0.717) is 24.8 Å². The van der Waals surface area contributed by atoms with Crippen LogP contribution in [-0.4, -0.2) is 5.78 Å². The van der Waals surface area contributed by atoms with E-state index in [1.807, 2.05) is 0 Å². The third-order valence-electron chi connectivity index (χ3n) is 3.72. The van der Waals surface area contributed by atoms with E-state index in [9.17, 15) is 13.6 Å². The van der Waals surface area contributed by atoms with Gasteiger partial charge in [0.2, 0.25) is 0 Å². The van der Waals surface area contributed by atoms with Crippen molar-refractivity contribution in [3.8, 4) is 0 Å². The summed E-state index contributed by atoms with van der Waals surface area (Å²) in [6.45, 7) is 12.5. The average molecular weight is 324 g/mol. The van der Waals surface area contributed by atoms with Crippen molar-refractivity contribution in [3.05, 3.63) is 35.4 Å². The molecule has 130 valence electrons. The third kappa shape index (κ3) is 8.24.